The molecular weight excluding hydrogens is 612 g/mol. The van der Waals surface area contributed by atoms with Crippen LogP contribution in [-0.2, 0) is 39.0 Å². The average Bonchev–Trinajstić information content (AvgIpc) is 3.43. The number of carbonyl (C=O) groups excluding carboxylic acids is 2. The van der Waals surface area contributed by atoms with Crippen LogP contribution in [0, 0.1) is 0 Å². The summed E-state index contributed by atoms with van der Waals surface area (Å²) in [4.78, 5) is 36.6. The molecule has 0 aliphatic carbocycles. The van der Waals surface area contributed by atoms with Crippen molar-refractivity contribution in [3.63, 3.8) is 0 Å². The topological polar surface area (TPSA) is 188 Å². The van der Waals surface area contributed by atoms with Gasteiger partial charge in [-0.1, -0.05) is 86.1 Å². The van der Waals surface area contributed by atoms with Crippen LogP contribution in [0.4, 0.5) is 0 Å². The van der Waals surface area contributed by atoms with E-state index in [4.69, 9.17) is 0 Å². The van der Waals surface area contributed by atoms with Crippen molar-refractivity contribution in [3.05, 3.63) is 107 Å². The van der Waals surface area contributed by atoms with Crippen LogP contribution in [0.1, 0.15) is 47.6 Å². The Labute approximate surface area is 266 Å². The second kappa shape index (κ2) is 15.0. The van der Waals surface area contributed by atoms with Crippen molar-refractivity contribution >= 4 is 27.8 Å². The molecule has 242 valence electrons. The van der Waals surface area contributed by atoms with Gasteiger partial charge in [-0.3, -0.25) is 14.3 Å². The lowest BCUT2D eigenvalue weighted by atomic mass is 10.0. The Balaban J connectivity index is 1.55. The fourth-order valence-electron chi connectivity index (χ4n) is 4.86. The molecule has 0 saturated heterocycles. The molecule has 4 rings (SSSR count). The van der Waals surface area contributed by atoms with Gasteiger partial charge >= 0.3 is 5.97 Å². The summed E-state index contributed by atoms with van der Waals surface area (Å²) in [7, 11) is -4.26. The molecular formula is C33H36N4O8S. The van der Waals surface area contributed by atoms with Gasteiger partial charge in [0.15, 0.2) is 6.10 Å². The Morgan fingerprint density at radius 1 is 0.913 bits per heavy atom. The van der Waals surface area contributed by atoms with Gasteiger partial charge in [-0.25, -0.2) is 17.9 Å². The van der Waals surface area contributed by atoms with Crippen LogP contribution >= 0.6 is 0 Å². The standard InChI is InChI=1S/C33H36N4O8S/c1-3-9-25-19-28(32(41)34-27(30(39)33(42)43)18-22-10-5-4-6-11-22)35-37(25)20-23-14-16-24(17-15-23)26-12-7-8-13-29(26)46(44,45)36-31(40)21(2)38/h4-8,10-17,19,21,27,30,38-39H,3,9,18,20H2,1-2H3,(H,34,41)(H,36,40)(H,42,43)/t21?,27-,30-/m1/s1. The number of aryl methyl sites for hydroxylation is 1. The third-order valence-electron chi connectivity index (χ3n) is 7.24. The Bertz CT molecular complexity index is 1790. The van der Waals surface area contributed by atoms with Crippen LogP contribution in [0.25, 0.3) is 11.1 Å². The van der Waals surface area contributed by atoms with Crippen LogP contribution in [0.2, 0.25) is 0 Å². The van der Waals surface area contributed by atoms with Crippen LogP contribution in [-0.4, -0.2) is 69.6 Å². The van der Waals surface area contributed by atoms with Crippen molar-refractivity contribution in [1.82, 2.24) is 19.8 Å². The lowest BCUT2D eigenvalue weighted by molar-refractivity contribution is -0.148. The number of carboxylic acids is 1. The number of aromatic nitrogens is 2. The largest absolute Gasteiger partial charge is 0.479 e. The van der Waals surface area contributed by atoms with Crippen molar-refractivity contribution in [3.8, 4) is 11.1 Å². The molecule has 1 heterocycles. The monoisotopic (exact) mass is 648 g/mol. The van der Waals surface area contributed by atoms with E-state index < -0.39 is 46.1 Å². The van der Waals surface area contributed by atoms with Crippen molar-refractivity contribution in [1.29, 1.82) is 0 Å². The summed E-state index contributed by atoms with van der Waals surface area (Å²) in [6.07, 6.45) is -1.83. The summed E-state index contributed by atoms with van der Waals surface area (Å²) in [5.41, 5.74) is 3.35. The molecule has 5 N–H and O–H groups in total. The Kier molecular flexibility index (Phi) is 11.1. The highest BCUT2D eigenvalue weighted by Crippen LogP contribution is 2.28. The van der Waals surface area contributed by atoms with E-state index in [2.05, 4.69) is 10.4 Å². The number of nitrogens with one attached hydrogen (secondary N) is 2. The maximum atomic E-state index is 13.2. The molecule has 0 aliphatic heterocycles. The highest BCUT2D eigenvalue weighted by atomic mass is 32.2. The zero-order chi connectivity index (χ0) is 33.4. The number of benzene rings is 3. The first-order chi connectivity index (χ1) is 21.9. The molecule has 0 spiro atoms. The molecule has 13 heteroatoms. The van der Waals surface area contributed by atoms with E-state index in [1.807, 2.05) is 17.7 Å². The van der Waals surface area contributed by atoms with Gasteiger partial charge in [0.05, 0.1) is 17.5 Å². The summed E-state index contributed by atoms with van der Waals surface area (Å²) < 4.78 is 29.4. The fraction of sp³-hybridized carbons (Fsp3) is 0.273. The number of nitrogens with zero attached hydrogens (tertiary/aromatic N) is 2. The summed E-state index contributed by atoms with van der Waals surface area (Å²) in [5, 5.41) is 36.3. The molecule has 1 unspecified atom stereocenters. The van der Waals surface area contributed by atoms with Gasteiger partial charge in [-0.15, -0.1) is 0 Å². The minimum Gasteiger partial charge on any atom is -0.479 e. The fourth-order valence-corrected chi connectivity index (χ4v) is 6.14. The zero-order valence-electron chi connectivity index (χ0n) is 25.3. The van der Waals surface area contributed by atoms with E-state index in [0.29, 0.717) is 24.1 Å². The Morgan fingerprint density at radius 2 is 1.57 bits per heavy atom. The molecule has 0 radical (unpaired) electrons. The normalized spacial score (nSPS) is 13.4. The van der Waals surface area contributed by atoms with Gasteiger partial charge in [-0.05, 0) is 48.6 Å². The smallest absolute Gasteiger partial charge is 0.334 e. The predicted molar refractivity (Wildman–Crippen MR) is 169 cm³/mol. The molecule has 0 aliphatic rings. The van der Waals surface area contributed by atoms with E-state index in [-0.39, 0.29) is 17.0 Å². The first kappa shape index (κ1) is 34.0. The Hall–Kier alpha value is -4.85. The predicted octanol–water partition coefficient (Wildman–Crippen LogP) is 2.52. The summed E-state index contributed by atoms with van der Waals surface area (Å²) in [6.45, 7) is 3.45. The van der Waals surface area contributed by atoms with Crippen LogP contribution in [0.3, 0.4) is 0 Å². The van der Waals surface area contributed by atoms with Gasteiger partial charge in [0, 0.05) is 11.3 Å². The second-order valence-electron chi connectivity index (χ2n) is 10.8. The molecule has 12 nitrogen and oxygen atoms in total. The number of aliphatic carboxylic acids is 1. The lowest BCUT2D eigenvalue weighted by Gasteiger charge is -2.21. The van der Waals surface area contributed by atoms with Crippen LogP contribution < -0.4 is 10.0 Å². The first-order valence-corrected chi connectivity index (χ1v) is 16.1. The third-order valence-corrected chi connectivity index (χ3v) is 8.64. The van der Waals surface area contributed by atoms with E-state index in [1.54, 1.807) is 71.4 Å². The van der Waals surface area contributed by atoms with Crippen molar-refractivity contribution in [2.75, 3.05) is 0 Å². The van der Waals surface area contributed by atoms with Gasteiger partial charge in [0.1, 0.15) is 11.8 Å². The number of hydrogen-bond acceptors (Lipinski definition) is 8. The van der Waals surface area contributed by atoms with E-state index in [0.717, 1.165) is 23.2 Å². The van der Waals surface area contributed by atoms with Crippen molar-refractivity contribution in [2.45, 2.75) is 62.8 Å². The minimum absolute atomic E-state index is 0.0779. The highest BCUT2D eigenvalue weighted by Gasteiger charge is 2.29. The minimum atomic E-state index is -4.26. The van der Waals surface area contributed by atoms with E-state index >= 15 is 0 Å². The quantitative estimate of drug-likeness (QED) is 0.137. The maximum absolute atomic E-state index is 13.2. The summed E-state index contributed by atoms with van der Waals surface area (Å²) in [5.74, 6) is -3.11. The molecule has 2 amide bonds. The third kappa shape index (κ3) is 8.44. The number of carboxylic acid groups (broad SMARTS) is 1. The lowest BCUT2D eigenvalue weighted by Crippen LogP contribution is -2.48. The van der Waals surface area contributed by atoms with Gasteiger partial charge in [0.2, 0.25) is 0 Å². The van der Waals surface area contributed by atoms with Gasteiger partial charge < -0.3 is 20.6 Å². The molecule has 0 bridgehead atoms. The number of rotatable bonds is 14. The summed E-state index contributed by atoms with van der Waals surface area (Å²) >= 11 is 0. The highest BCUT2D eigenvalue weighted by molar-refractivity contribution is 7.90. The SMILES string of the molecule is CCCc1cc(C(=O)N[C@H](Cc2ccccc2)[C@@H](O)C(=O)O)nn1Cc1ccc(-c2ccccc2S(=O)(=O)NC(=O)C(C)O)cc1. The second-order valence-corrected chi connectivity index (χ2v) is 12.5. The number of amides is 2. The molecule has 46 heavy (non-hydrogen) atoms. The molecule has 3 aromatic carbocycles. The number of hydrogen-bond donors (Lipinski definition) is 5. The Morgan fingerprint density at radius 3 is 2.20 bits per heavy atom. The summed E-state index contributed by atoms with van der Waals surface area (Å²) in [6, 6.07) is 22.7. The zero-order valence-corrected chi connectivity index (χ0v) is 26.1. The van der Waals surface area contributed by atoms with Gasteiger partial charge in [-0.2, -0.15) is 5.10 Å². The van der Waals surface area contributed by atoms with Crippen LogP contribution in [0.15, 0.2) is 89.8 Å². The number of aliphatic hydroxyl groups excluding tert-OH is 2. The molecule has 4 aromatic rings. The maximum Gasteiger partial charge on any atom is 0.334 e. The van der Waals surface area contributed by atoms with Crippen molar-refractivity contribution in [2.24, 2.45) is 0 Å². The van der Waals surface area contributed by atoms with E-state index in [1.165, 1.54) is 19.1 Å². The molecule has 0 saturated carbocycles. The van der Waals surface area contributed by atoms with Crippen LogP contribution in [0.5, 0.6) is 0 Å². The average molecular weight is 649 g/mol. The number of sulfonamides is 1. The van der Waals surface area contributed by atoms with E-state index in [9.17, 15) is 38.1 Å². The van der Waals surface area contributed by atoms with Crippen molar-refractivity contribution < 1.29 is 38.1 Å². The van der Waals surface area contributed by atoms with Gasteiger partial charge in [0.25, 0.3) is 21.8 Å². The first-order valence-electron chi connectivity index (χ1n) is 14.6. The number of aliphatic hydroxyl groups is 2. The molecule has 1 aromatic heterocycles. The molecule has 0 fully saturated rings. The number of carbonyl (C=O) groups is 3. The molecule has 3 atom stereocenters.